The minimum atomic E-state index is -0.420. The maximum Gasteiger partial charge on any atom is 0.229 e. The predicted octanol–water partition coefficient (Wildman–Crippen LogP) is 3.85. The number of nitrogens with zero attached hydrogens (tertiary/aromatic N) is 2. The summed E-state index contributed by atoms with van der Waals surface area (Å²) in [4.78, 5) is 20.2. The molecule has 4 rings (SSSR count). The first-order valence-corrected chi connectivity index (χ1v) is 11.2. The van der Waals surface area contributed by atoms with Crippen LogP contribution in [0.3, 0.4) is 0 Å². The van der Waals surface area contributed by atoms with Crippen molar-refractivity contribution in [2.75, 3.05) is 26.4 Å². The molecule has 1 atom stereocenters. The van der Waals surface area contributed by atoms with Crippen LogP contribution in [0.5, 0.6) is 0 Å². The third kappa shape index (κ3) is 4.57. The number of ether oxygens (including phenoxy) is 1. The first-order chi connectivity index (χ1) is 14.7. The molecular formula is C25H32N2O3. The quantitative estimate of drug-likeness (QED) is 0.789. The van der Waals surface area contributed by atoms with Crippen LogP contribution in [0.1, 0.15) is 44.1 Å². The first kappa shape index (κ1) is 21.0. The molecule has 2 aliphatic rings. The number of carbonyl (C=O) groups is 1. The number of pyridine rings is 1. The third-order valence-electron chi connectivity index (χ3n) is 6.72. The maximum absolute atomic E-state index is 13.9. The molecule has 0 aliphatic carbocycles. The van der Waals surface area contributed by atoms with Gasteiger partial charge in [0, 0.05) is 44.8 Å². The van der Waals surface area contributed by atoms with Crippen molar-refractivity contribution in [3.05, 3.63) is 54.4 Å². The highest BCUT2D eigenvalue weighted by Gasteiger charge is 2.44. The van der Waals surface area contributed by atoms with E-state index in [9.17, 15) is 9.90 Å². The zero-order valence-corrected chi connectivity index (χ0v) is 17.6. The number of hydrogen-bond donors (Lipinski definition) is 1. The largest absolute Gasteiger partial charge is 0.396 e. The van der Waals surface area contributed by atoms with Crippen LogP contribution in [-0.2, 0) is 16.0 Å². The van der Waals surface area contributed by atoms with E-state index < -0.39 is 5.41 Å². The Morgan fingerprint density at radius 3 is 2.77 bits per heavy atom. The lowest BCUT2D eigenvalue weighted by molar-refractivity contribution is -0.152. The lowest BCUT2D eigenvalue weighted by Gasteiger charge is -2.44. The predicted molar refractivity (Wildman–Crippen MR) is 117 cm³/mol. The van der Waals surface area contributed by atoms with Crippen LogP contribution in [0.2, 0.25) is 0 Å². The van der Waals surface area contributed by atoms with Crippen molar-refractivity contribution in [2.24, 2.45) is 5.41 Å². The van der Waals surface area contributed by atoms with Gasteiger partial charge in [0.1, 0.15) is 0 Å². The van der Waals surface area contributed by atoms with Gasteiger partial charge in [-0.1, -0.05) is 30.3 Å². The molecule has 1 unspecified atom stereocenters. The van der Waals surface area contributed by atoms with Crippen LogP contribution in [-0.4, -0.2) is 53.3 Å². The van der Waals surface area contributed by atoms with E-state index in [2.05, 4.69) is 40.2 Å². The summed E-state index contributed by atoms with van der Waals surface area (Å²) in [7, 11) is 0. The van der Waals surface area contributed by atoms with Gasteiger partial charge in [0.25, 0.3) is 0 Å². The Bertz CT molecular complexity index is 831. The molecule has 0 bridgehead atoms. The van der Waals surface area contributed by atoms with Gasteiger partial charge < -0.3 is 14.7 Å². The average Bonchev–Trinajstić information content (AvgIpc) is 2.81. The van der Waals surface area contributed by atoms with Gasteiger partial charge in [-0.25, -0.2) is 0 Å². The van der Waals surface area contributed by atoms with Crippen molar-refractivity contribution in [1.82, 2.24) is 9.88 Å². The molecule has 1 N–H and O–H groups in total. The fourth-order valence-corrected chi connectivity index (χ4v) is 5.04. The lowest BCUT2D eigenvalue weighted by atomic mass is 9.73. The molecule has 1 amide bonds. The molecule has 1 aromatic heterocycles. The van der Waals surface area contributed by atoms with Crippen molar-refractivity contribution in [3.63, 3.8) is 0 Å². The SMILES string of the molecule is O=C(N1CCCCC1CCO)C1(Cc2cccc(-c3cccnc3)c2)CCOCC1. The average molecular weight is 409 g/mol. The molecule has 5 heteroatoms. The Balaban J connectivity index is 1.60. The van der Waals surface area contributed by atoms with Gasteiger partial charge in [-0.05, 0) is 67.7 Å². The van der Waals surface area contributed by atoms with Crippen LogP contribution in [0.4, 0.5) is 0 Å². The summed E-state index contributed by atoms with van der Waals surface area (Å²) in [5.41, 5.74) is 2.98. The van der Waals surface area contributed by atoms with Gasteiger partial charge >= 0.3 is 0 Å². The molecule has 5 nitrogen and oxygen atoms in total. The Morgan fingerprint density at radius 2 is 2.00 bits per heavy atom. The number of amides is 1. The summed E-state index contributed by atoms with van der Waals surface area (Å²) in [6.45, 7) is 2.21. The van der Waals surface area contributed by atoms with Crippen molar-refractivity contribution < 1.29 is 14.6 Å². The Morgan fingerprint density at radius 1 is 1.17 bits per heavy atom. The van der Waals surface area contributed by atoms with Crippen molar-refractivity contribution >= 4 is 5.91 Å². The van der Waals surface area contributed by atoms with Gasteiger partial charge in [0.2, 0.25) is 5.91 Å². The summed E-state index contributed by atoms with van der Waals surface area (Å²) in [5.74, 6) is 0.260. The highest BCUT2D eigenvalue weighted by atomic mass is 16.5. The summed E-state index contributed by atoms with van der Waals surface area (Å²) < 4.78 is 5.65. The second-order valence-corrected chi connectivity index (χ2v) is 8.67. The number of carbonyl (C=O) groups excluding carboxylic acids is 1. The van der Waals surface area contributed by atoms with Crippen molar-refractivity contribution in [2.45, 2.75) is 51.0 Å². The van der Waals surface area contributed by atoms with Gasteiger partial charge in [0.15, 0.2) is 0 Å². The van der Waals surface area contributed by atoms with E-state index in [-0.39, 0.29) is 18.6 Å². The molecule has 1 aromatic carbocycles. The van der Waals surface area contributed by atoms with Crippen LogP contribution >= 0.6 is 0 Å². The number of aromatic nitrogens is 1. The molecule has 30 heavy (non-hydrogen) atoms. The number of rotatable bonds is 6. The number of benzene rings is 1. The smallest absolute Gasteiger partial charge is 0.229 e. The van der Waals surface area contributed by atoms with E-state index in [1.54, 1.807) is 6.20 Å². The minimum absolute atomic E-state index is 0.137. The van der Waals surface area contributed by atoms with E-state index >= 15 is 0 Å². The van der Waals surface area contributed by atoms with Gasteiger partial charge in [0.05, 0.1) is 5.41 Å². The molecule has 0 radical (unpaired) electrons. The summed E-state index contributed by atoms with van der Waals surface area (Å²) in [5, 5.41) is 9.50. The van der Waals surface area contributed by atoms with E-state index in [4.69, 9.17) is 4.74 Å². The van der Waals surface area contributed by atoms with Crippen LogP contribution in [0.15, 0.2) is 48.8 Å². The summed E-state index contributed by atoms with van der Waals surface area (Å²) in [6.07, 6.45) is 9.76. The Kier molecular flexibility index (Phi) is 6.80. The number of aliphatic hydroxyl groups is 1. The zero-order valence-electron chi connectivity index (χ0n) is 17.6. The first-order valence-electron chi connectivity index (χ1n) is 11.2. The molecule has 0 saturated carbocycles. The van der Waals surface area contributed by atoms with Crippen molar-refractivity contribution in [1.29, 1.82) is 0 Å². The molecule has 2 aliphatic heterocycles. The van der Waals surface area contributed by atoms with Gasteiger partial charge in [-0.2, -0.15) is 0 Å². The van der Waals surface area contributed by atoms with Crippen LogP contribution in [0.25, 0.3) is 11.1 Å². The molecule has 3 heterocycles. The monoisotopic (exact) mass is 408 g/mol. The molecule has 2 fully saturated rings. The van der Waals surface area contributed by atoms with E-state index in [0.717, 1.165) is 56.2 Å². The minimum Gasteiger partial charge on any atom is -0.396 e. The Hall–Kier alpha value is -2.24. The normalized spacial score (nSPS) is 21.4. The maximum atomic E-state index is 13.9. The summed E-state index contributed by atoms with van der Waals surface area (Å²) >= 11 is 0. The second-order valence-electron chi connectivity index (χ2n) is 8.67. The van der Waals surface area contributed by atoms with E-state index in [0.29, 0.717) is 19.6 Å². The van der Waals surface area contributed by atoms with Crippen LogP contribution in [0, 0.1) is 5.41 Å². The number of piperidine rings is 1. The van der Waals surface area contributed by atoms with Crippen LogP contribution < -0.4 is 0 Å². The number of hydrogen-bond acceptors (Lipinski definition) is 4. The topological polar surface area (TPSA) is 62.7 Å². The highest BCUT2D eigenvalue weighted by molar-refractivity contribution is 5.84. The van der Waals surface area contributed by atoms with Gasteiger partial charge in [-0.3, -0.25) is 9.78 Å². The zero-order chi connectivity index (χ0) is 20.8. The fraction of sp³-hybridized carbons (Fsp3) is 0.520. The molecule has 160 valence electrons. The Labute approximate surface area is 179 Å². The number of aliphatic hydroxyl groups excluding tert-OH is 1. The molecule has 2 aromatic rings. The molecule has 0 spiro atoms. The third-order valence-corrected chi connectivity index (χ3v) is 6.72. The number of likely N-dealkylation sites (tertiary alicyclic amines) is 1. The molecular weight excluding hydrogens is 376 g/mol. The molecule has 2 saturated heterocycles. The lowest BCUT2D eigenvalue weighted by Crippen LogP contribution is -2.53. The summed E-state index contributed by atoms with van der Waals surface area (Å²) in [6, 6.07) is 12.7. The van der Waals surface area contributed by atoms with E-state index in [1.807, 2.05) is 12.3 Å². The highest BCUT2D eigenvalue weighted by Crippen LogP contribution is 2.39. The van der Waals surface area contributed by atoms with Gasteiger partial charge in [-0.15, -0.1) is 0 Å². The second kappa shape index (κ2) is 9.71. The standard InChI is InChI=1S/C25H32N2O3/c28-14-9-23-8-1-2-13-27(23)24(29)25(10-15-30-16-11-25)18-20-5-3-6-21(17-20)22-7-4-12-26-19-22/h3-7,12,17,19,23,28H,1-2,8-11,13-16,18H2. The fourth-order valence-electron chi connectivity index (χ4n) is 5.04. The van der Waals surface area contributed by atoms with Crippen molar-refractivity contribution in [3.8, 4) is 11.1 Å². The van der Waals surface area contributed by atoms with E-state index in [1.165, 1.54) is 5.56 Å².